The first-order valence-electron chi connectivity index (χ1n) is 18.8. The molecule has 10 aromatic rings. The molecule has 0 fully saturated rings. The van der Waals surface area contributed by atoms with Crippen molar-refractivity contribution in [1.29, 1.82) is 0 Å². The average Bonchev–Trinajstić information content (AvgIpc) is 3.78. The standard InChI is InChI=1S/C52H36N4/c1-3-15-40(4-2)55-49-23-14-12-21-43(49)45-32-38(27-31-50(45)55)39-26-30-44-42-20-11-13-22-48(42)56(51(44)33-39)41-28-24-36(25-29-41)47-34-46(35-16-7-5-8-17-35)53-52(54-47)37-18-9-6-10-19-37/h3-34H,1-2H2/b40-15+. The molecule has 10 rings (SSSR count). The van der Waals surface area contributed by atoms with E-state index in [1.807, 2.05) is 54.6 Å². The van der Waals surface area contributed by atoms with Gasteiger partial charge in [-0.1, -0.05) is 147 Å². The lowest BCUT2D eigenvalue weighted by Crippen LogP contribution is -1.97. The molecule has 0 amide bonds. The Hall–Kier alpha value is -7.56. The van der Waals surface area contributed by atoms with Crippen molar-refractivity contribution in [2.75, 3.05) is 0 Å². The van der Waals surface area contributed by atoms with Gasteiger partial charge in [-0.15, -0.1) is 0 Å². The molecule has 0 saturated carbocycles. The van der Waals surface area contributed by atoms with Crippen LogP contribution in [-0.2, 0) is 0 Å². The van der Waals surface area contributed by atoms with Gasteiger partial charge < -0.3 is 9.13 Å². The maximum absolute atomic E-state index is 5.07. The normalized spacial score (nSPS) is 11.8. The molecule has 0 radical (unpaired) electrons. The maximum atomic E-state index is 5.07. The molecule has 3 aromatic heterocycles. The van der Waals surface area contributed by atoms with Gasteiger partial charge in [-0.3, -0.25) is 0 Å². The van der Waals surface area contributed by atoms with Gasteiger partial charge in [0.1, 0.15) is 0 Å². The molecular formula is C52H36N4. The highest BCUT2D eigenvalue weighted by Gasteiger charge is 2.17. The monoisotopic (exact) mass is 716 g/mol. The largest absolute Gasteiger partial charge is 0.309 e. The number of hydrogen-bond acceptors (Lipinski definition) is 2. The Morgan fingerprint density at radius 2 is 0.964 bits per heavy atom. The molecule has 4 nitrogen and oxygen atoms in total. The van der Waals surface area contributed by atoms with E-state index in [2.05, 4.69) is 162 Å². The zero-order valence-corrected chi connectivity index (χ0v) is 30.7. The SMILES string of the molecule is C=C/C=C(\C=C)n1c2ccccc2c2cc(-c3ccc4c5ccccc5n(-c5ccc(-c6cc(-c7ccccc7)nc(-c7ccccc7)n6)cc5)c4c3)ccc21. The maximum Gasteiger partial charge on any atom is 0.160 e. The summed E-state index contributed by atoms with van der Waals surface area (Å²) in [5.41, 5.74) is 13.8. The average molecular weight is 717 g/mol. The van der Waals surface area contributed by atoms with Crippen LogP contribution in [0.5, 0.6) is 0 Å². The fourth-order valence-electron chi connectivity index (χ4n) is 8.06. The summed E-state index contributed by atoms with van der Waals surface area (Å²) in [7, 11) is 0. The molecule has 0 atom stereocenters. The van der Waals surface area contributed by atoms with E-state index >= 15 is 0 Å². The van der Waals surface area contributed by atoms with Crippen LogP contribution in [0.25, 0.3) is 100 Å². The Morgan fingerprint density at radius 1 is 0.429 bits per heavy atom. The Labute approximate surface area is 325 Å². The molecule has 56 heavy (non-hydrogen) atoms. The highest BCUT2D eigenvalue weighted by Crippen LogP contribution is 2.38. The minimum atomic E-state index is 0.707. The highest BCUT2D eigenvalue weighted by molar-refractivity contribution is 6.13. The van der Waals surface area contributed by atoms with Crippen molar-refractivity contribution in [2.24, 2.45) is 0 Å². The second-order valence-electron chi connectivity index (χ2n) is 13.9. The van der Waals surface area contributed by atoms with Gasteiger partial charge in [0.05, 0.1) is 33.5 Å². The summed E-state index contributed by atoms with van der Waals surface area (Å²) in [4.78, 5) is 10.1. The second kappa shape index (κ2) is 13.7. The first-order valence-corrected chi connectivity index (χ1v) is 18.8. The van der Waals surface area contributed by atoms with Gasteiger partial charge >= 0.3 is 0 Å². The van der Waals surface area contributed by atoms with Crippen molar-refractivity contribution < 1.29 is 0 Å². The van der Waals surface area contributed by atoms with Crippen LogP contribution in [0.3, 0.4) is 0 Å². The van der Waals surface area contributed by atoms with Crippen molar-refractivity contribution in [3.8, 4) is 50.7 Å². The van der Waals surface area contributed by atoms with E-state index in [9.17, 15) is 0 Å². The Balaban J connectivity index is 1.10. The van der Waals surface area contributed by atoms with Crippen LogP contribution in [0.2, 0.25) is 0 Å². The number of benzene rings is 7. The molecular weight excluding hydrogens is 681 g/mol. The minimum Gasteiger partial charge on any atom is -0.309 e. The summed E-state index contributed by atoms with van der Waals surface area (Å²) in [6.07, 6.45) is 5.70. The molecule has 0 unspecified atom stereocenters. The van der Waals surface area contributed by atoms with Gasteiger partial charge in [-0.05, 0) is 71.8 Å². The topological polar surface area (TPSA) is 35.6 Å². The molecule has 0 N–H and O–H groups in total. The van der Waals surface area contributed by atoms with Gasteiger partial charge in [-0.25, -0.2) is 9.97 Å². The zero-order valence-electron chi connectivity index (χ0n) is 30.7. The fraction of sp³-hybridized carbons (Fsp3) is 0. The lowest BCUT2D eigenvalue weighted by atomic mass is 10.0. The van der Waals surface area contributed by atoms with Crippen LogP contribution in [-0.4, -0.2) is 19.1 Å². The summed E-state index contributed by atoms with van der Waals surface area (Å²) in [6, 6.07) is 62.2. The summed E-state index contributed by atoms with van der Waals surface area (Å²) < 4.78 is 4.64. The third-order valence-electron chi connectivity index (χ3n) is 10.7. The molecule has 0 spiro atoms. The summed E-state index contributed by atoms with van der Waals surface area (Å²) in [5.74, 6) is 0.707. The van der Waals surface area contributed by atoms with Gasteiger partial charge in [-0.2, -0.15) is 0 Å². The van der Waals surface area contributed by atoms with E-state index in [0.29, 0.717) is 5.82 Å². The number of nitrogens with zero attached hydrogens (tertiary/aromatic N) is 4. The summed E-state index contributed by atoms with van der Waals surface area (Å²) in [6.45, 7) is 8.04. The van der Waals surface area contributed by atoms with Gasteiger partial charge in [0, 0.05) is 49.6 Å². The van der Waals surface area contributed by atoms with Crippen LogP contribution in [0.4, 0.5) is 0 Å². The van der Waals surface area contributed by atoms with E-state index in [0.717, 1.165) is 72.7 Å². The molecule has 0 aliphatic carbocycles. The molecule has 0 aliphatic heterocycles. The molecule has 4 heteroatoms. The number of aromatic nitrogens is 4. The van der Waals surface area contributed by atoms with Crippen molar-refractivity contribution in [2.45, 2.75) is 0 Å². The Kier molecular flexibility index (Phi) is 8.08. The van der Waals surface area contributed by atoms with Crippen LogP contribution < -0.4 is 0 Å². The molecule has 3 heterocycles. The fourth-order valence-corrected chi connectivity index (χ4v) is 8.06. The number of fused-ring (bicyclic) bond motifs is 6. The van der Waals surface area contributed by atoms with E-state index in [-0.39, 0.29) is 0 Å². The Morgan fingerprint density at radius 3 is 1.66 bits per heavy atom. The molecule has 0 bridgehead atoms. The van der Waals surface area contributed by atoms with E-state index in [1.165, 1.54) is 21.5 Å². The van der Waals surface area contributed by atoms with Crippen LogP contribution >= 0.6 is 0 Å². The third kappa shape index (κ3) is 5.55. The van der Waals surface area contributed by atoms with Crippen molar-refractivity contribution in [1.82, 2.24) is 19.1 Å². The predicted octanol–water partition coefficient (Wildman–Crippen LogP) is 13.6. The molecule has 0 saturated heterocycles. The molecule has 7 aromatic carbocycles. The summed E-state index contributed by atoms with van der Waals surface area (Å²) in [5, 5.41) is 4.83. The van der Waals surface area contributed by atoms with E-state index in [1.54, 1.807) is 0 Å². The zero-order chi connectivity index (χ0) is 37.6. The molecule has 0 aliphatic rings. The number of para-hydroxylation sites is 2. The smallest absolute Gasteiger partial charge is 0.160 e. The Bertz CT molecular complexity index is 3090. The quantitative estimate of drug-likeness (QED) is 0.147. The summed E-state index contributed by atoms with van der Waals surface area (Å²) >= 11 is 0. The first kappa shape index (κ1) is 33.0. The minimum absolute atomic E-state index is 0.707. The van der Waals surface area contributed by atoms with Crippen LogP contribution in [0, 0.1) is 0 Å². The van der Waals surface area contributed by atoms with E-state index < -0.39 is 0 Å². The first-order chi connectivity index (χ1) is 27.7. The highest BCUT2D eigenvalue weighted by atomic mass is 15.0. The lowest BCUT2D eigenvalue weighted by molar-refractivity contribution is 1.17. The molecule has 264 valence electrons. The van der Waals surface area contributed by atoms with Crippen molar-refractivity contribution >= 4 is 49.3 Å². The van der Waals surface area contributed by atoms with Gasteiger partial charge in [0.25, 0.3) is 0 Å². The van der Waals surface area contributed by atoms with Gasteiger partial charge in [0.15, 0.2) is 5.82 Å². The van der Waals surface area contributed by atoms with Crippen LogP contribution in [0.1, 0.15) is 0 Å². The third-order valence-corrected chi connectivity index (χ3v) is 10.7. The lowest BCUT2D eigenvalue weighted by Gasteiger charge is -2.12. The number of rotatable bonds is 8. The number of hydrogen-bond donors (Lipinski definition) is 0. The number of allylic oxidation sites excluding steroid dienone is 4. The van der Waals surface area contributed by atoms with E-state index in [4.69, 9.17) is 9.97 Å². The van der Waals surface area contributed by atoms with Crippen molar-refractivity contribution in [3.63, 3.8) is 0 Å². The van der Waals surface area contributed by atoms with Crippen molar-refractivity contribution in [3.05, 3.63) is 207 Å². The second-order valence-corrected chi connectivity index (χ2v) is 13.9. The predicted molar refractivity (Wildman–Crippen MR) is 236 cm³/mol. The van der Waals surface area contributed by atoms with Crippen LogP contribution in [0.15, 0.2) is 207 Å². The van der Waals surface area contributed by atoms with Gasteiger partial charge in [0.2, 0.25) is 0 Å².